The molecule has 2 heteroatoms. The Kier molecular flexibility index (Phi) is 3.39. The Bertz CT molecular complexity index is 258. The minimum absolute atomic E-state index is 0.172. The Hall–Kier alpha value is -0.370. The highest BCUT2D eigenvalue weighted by atomic mass is 16.5. The van der Waals surface area contributed by atoms with Crippen LogP contribution < -0.4 is 0 Å². The zero-order valence-electron chi connectivity index (χ0n) is 10.8. The van der Waals surface area contributed by atoms with Crippen molar-refractivity contribution in [3.05, 3.63) is 0 Å². The maximum atomic E-state index is 12.6. The summed E-state index contributed by atoms with van der Waals surface area (Å²) in [7, 11) is 1.73. The summed E-state index contributed by atoms with van der Waals surface area (Å²) in [6.07, 6.45) is 5.87. The Morgan fingerprint density at radius 2 is 1.75 bits per heavy atom. The van der Waals surface area contributed by atoms with Gasteiger partial charge in [0.2, 0.25) is 0 Å². The van der Waals surface area contributed by atoms with Crippen LogP contribution in [0.5, 0.6) is 0 Å². The molecule has 0 aromatic rings. The first-order chi connectivity index (χ1) is 7.63. The molecular formula is C14H24O2. The molecule has 0 heterocycles. The van der Waals surface area contributed by atoms with Gasteiger partial charge in [-0.2, -0.15) is 0 Å². The molecule has 0 N–H and O–H groups in total. The van der Waals surface area contributed by atoms with E-state index in [1.807, 2.05) is 0 Å². The minimum Gasteiger partial charge on any atom is -0.384 e. The van der Waals surface area contributed by atoms with Crippen molar-refractivity contribution < 1.29 is 9.53 Å². The van der Waals surface area contributed by atoms with Crippen LogP contribution in [0.4, 0.5) is 0 Å². The second-order valence-corrected chi connectivity index (χ2v) is 5.84. The molecule has 2 rings (SSSR count). The number of hydrogen-bond donors (Lipinski definition) is 0. The zero-order chi connectivity index (χ0) is 11.8. The third-order valence-corrected chi connectivity index (χ3v) is 4.82. The Morgan fingerprint density at radius 3 is 2.19 bits per heavy atom. The molecule has 2 aliphatic rings. The molecule has 0 radical (unpaired) electrons. The van der Waals surface area contributed by atoms with Crippen molar-refractivity contribution in [2.75, 3.05) is 13.7 Å². The molecule has 0 aliphatic heterocycles. The average Bonchev–Trinajstić information content (AvgIpc) is 3.06. The first kappa shape index (κ1) is 12.1. The number of ketones is 1. The van der Waals surface area contributed by atoms with Gasteiger partial charge in [-0.3, -0.25) is 4.79 Å². The number of rotatable bonds is 4. The van der Waals surface area contributed by atoms with Crippen LogP contribution >= 0.6 is 0 Å². The Balaban J connectivity index is 2.26. The molecule has 0 saturated heterocycles. The lowest BCUT2D eigenvalue weighted by atomic mass is 9.58. The quantitative estimate of drug-likeness (QED) is 0.733. The first-order valence-electron chi connectivity index (χ1n) is 6.66. The summed E-state index contributed by atoms with van der Waals surface area (Å²) < 4.78 is 5.40. The van der Waals surface area contributed by atoms with Crippen LogP contribution in [0.15, 0.2) is 0 Å². The molecule has 2 nitrogen and oxygen atoms in total. The summed E-state index contributed by atoms with van der Waals surface area (Å²) in [5.41, 5.74) is -0.172. The second kappa shape index (κ2) is 4.48. The van der Waals surface area contributed by atoms with Gasteiger partial charge in [-0.1, -0.05) is 20.3 Å². The number of carbonyl (C=O) groups excluding carboxylic acids is 1. The molecule has 0 spiro atoms. The van der Waals surface area contributed by atoms with Crippen molar-refractivity contribution in [1.29, 1.82) is 0 Å². The van der Waals surface area contributed by atoms with Crippen molar-refractivity contribution >= 4 is 5.78 Å². The number of carbonyl (C=O) groups is 1. The maximum absolute atomic E-state index is 12.6. The van der Waals surface area contributed by atoms with E-state index in [-0.39, 0.29) is 5.41 Å². The SMILES string of the molecule is COCC1(C(=O)C2CC2)C(C)CCCC1C. The van der Waals surface area contributed by atoms with E-state index in [1.54, 1.807) is 7.11 Å². The van der Waals surface area contributed by atoms with E-state index in [0.717, 1.165) is 12.8 Å². The van der Waals surface area contributed by atoms with Crippen LogP contribution in [0.3, 0.4) is 0 Å². The molecule has 0 amide bonds. The third kappa shape index (κ3) is 1.81. The number of methoxy groups -OCH3 is 1. The largest absolute Gasteiger partial charge is 0.384 e. The van der Waals surface area contributed by atoms with Crippen molar-refractivity contribution in [2.45, 2.75) is 46.0 Å². The van der Waals surface area contributed by atoms with Gasteiger partial charge >= 0.3 is 0 Å². The predicted molar refractivity (Wildman–Crippen MR) is 64.2 cm³/mol. The fraction of sp³-hybridized carbons (Fsp3) is 0.929. The molecule has 0 bridgehead atoms. The highest BCUT2D eigenvalue weighted by Gasteiger charge is 2.53. The second-order valence-electron chi connectivity index (χ2n) is 5.84. The van der Waals surface area contributed by atoms with Crippen LogP contribution in [-0.4, -0.2) is 19.5 Å². The lowest BCUT2D eigenvalue weighted by molar-refractivity contribution is -0.145. The van der Waals surface area contributed by atoms with Crippen molar-refractivity contribution in [3.8, 4) is 0 Å². The predicted octanol–water partition coefficient (Wildman–Crippen LogP) is 3.05. The summed E-state index contributed by atoms with van der Waals surface area (Å²) in [6.45, 7) is 5.12. The monoisotopic (exact) mass is 224 g/mol. The molecule has 2 atom stereocenters. The molecule has 2 saturated carbocycles. The van der Waals surface area contributed by atoms with E-state index in [9.17, 15) is 4.79 Å². The molecule has 0 aromatic carbocycles. The fourth-order valence-corrected chi connectivity index (χ4v) is 3.54. The highest BCUT2D eigenvalue weighted by Crippen LogP contribution is 2.50. The summed E-state index contributed by atoms with van der Waals surface area (Å²) in [6, 6.07) is 0. The normalized spacial score (nSPS) is 39.7. The molecule has 0 aromatic heterocycles. The number of hydrogen-bond acceptors (Lipinski definition) is 2. The zero-order valence-corrected chi connectivity index (χ0v) is 10.8. The molecule has 2 fully saturated rings. The van der Waals surface area contributed by atoms with E-state index in [0.29, 0.717) is 30.1 Å². The average molecular weight is 224 g/mol. The summed E-state index contributed by atoms with van der Waals surface area (Å²) in [5.74, 6) is 1.85. The van der Waals surface area contributed by atoms with E-state index in [2.05, 4.69) is 13.8 Å². The maximum Gasteiger partial charge on any atom is 0.144 e. The van der Waals surface area contributed by atoms with Gasteiger partial charge in [-0.05, 0) is 37.5 Å². The smallest absolute Gasteiger partial charge is 0.144 e. The highest BCUT2D eigenvalue weighted by molar-refractivity contribution is 5.89. The summed E-state index contributed by atoms with van der Waals surface area (Å²) in [5, 5.41) is 0. The third-order valence-electron chi connectivity index (χ3n) is 4.82. The van der Waals surface area contributed by atoms with Gasteiger partial charge in [0.05, 0.1) is 12.0 Å². The van der Waals surface area contributed by atoms with Gasteiger partial charge in [0.15, 0.2) is 0 Å². The summed E-state index contributed by atoms with van der Waals surface area (Å²) >= 11 is 0. The van der Waals surface area contributed by atoms with Crippen molar-refractivity contribution in [2.24, 2.45) is 23.2 Å². The molecule has 92 valence electrons. The van der Waals surface area contributed by atoms with Gasteiger partial charge in [0.25, 0.3) is 0 Å². The summed E-state index contributed by atoms with van der Waals surface area (Å²) in [4.78, 5) is 12.6. The van der Waals surface area contributed by atoms with Crippen LogP contribution in [0.1, 0.15) is 46.0 Å². The van der Waals surface area contributed by atoms with Crippen LogP contribution in [0.25, 0.3) is 0 Å². The van der Waals surface area contributed by atoms with Gasteiger partial charge in [-0.25, -0.2) is 0 Å². The Morgan fingerprint density at radius 1 is 1.19 bits per heavy atom. The molecule has 16 heavy (non-hydrogen) atoms. The van der Waals surface area contributed by atoms with Crippen LogP contribution in [-0.2, 0) is 9.53 Å². The lowest BCUT2D eigenvalue weighted by Crippen LogP contribution is -2.49. The van der Waals surface area contributed by atoms with E-state index >= 15 is 0 Å². The fourth-order valence-electron chi connectivity index (χ4n) is 3.54. The minimum atomic E-state index is -0.172. The van der Waals surface area contributed by atoms with Gasteiger partial charge < -0.3 is 4.74 Å². The molecule has 2 aliphatic carbocycles. The Labute approximate surface area is 98.7 Å². The van der Waals surface area contributed by atoms with E-state index in [1.165, 1.54) is 19.3 Å². The van der Waals surface area contributed by atoms with Crippen LogP contribution in [0, 0.1) is 23.2 Å². The van der Waals surface area contributed by atoms with Gasteiger partial charge in [-0.15, -0.1) is 0 Å². The lowest BCUT2D eigenvalue weighted by Gasteiger charge is -2.46. The standard InChI is InChI=1S/C14H24O2/c1-10-5-4-6-11(2)14(10,9-16-3)13(15)12-7-8-12/h10-12H,4-9H2,1-3H3. The van der Waals surface area contributed by atoms with Crippen molar-refractivity contribution in [1.82, 2.24) is 0 Å². The molecular weight excluding hydrogens is 200 g/mol. The van der Waals surface area contributed by atoms with Crippen molar-refractivity contribution in [3.63, 3.8) is 0 Å². The number of Topliss-reactive ketones (excluding diaryl/α,β-unsaturated/α-hetero) is 1. The first-order valence-corrected chi connectivity index (χ1v) is 6.66. The van der Waals surface area contributed by atoms with E-state index in [4.69, 9.17) is 4.74 Å². The van der Waals surface area contributed by atoms with Crippen LogP contribution in [0.2, 0.25) is 0 Å². The number of ether oxygens (including phenoxy) is 1. The van der Waals surface area contributed by atoms with Gasteiger partial charge in [0, 0.05) is 13.0 Å². The van der Waals surface area contributed by atoms with E-state index < -0.39 is 0 Å². The topological polar surface area (TPSA) is 26.3 Å². The van der Waals surface area contributed by atoms with Gasteiger partial charge in [0.1, 0.15) is 5.78 Å². The molecule has 2 unspecified atom stereocenters.